The van der Waals surface area contributed by atoms with Gasteiger partial charge in [0.2, 0.25) is 0 Å². The number of benzene rings is 1. The molecule has 0 radical (unpaired) electrons. The molecule has 3 aromatic rings. The van der Waals surface area contributed by atoms with E-state index in [1.165, 1.54) is 5.69 Å². The van der Waals surface area contributed by atoms with Gasteiger partial charge in [0, 0.05) is 61.9 Å². The van der Waals surface area contributed by atoms with E-state index in [1.54, 1.807) is 24.8 Å². The topological polar surface area (TPSA) is 72.8 Å². The lowest BCUT2D eigenvalue weighted by atomic mass is 9.92. The third-order valence-electron chi connectivity index (χ3n) is 6.22. The normalized spacial score (nSPS) is 20.6. The third kappa shape index (κ3) is 4.56. The summed E-state index contributed by atoms with van der Waals surface area (Å²) in [5.74, 6) is 1.32. The first-order valence-corrected chi connectivity index (χ1v) is 12.0. The van der Waals surface area contributed by atoms with Crippen molar-refractivity contribution in [3.8, 4) is 0 Å². The molecular weight excluding hydrogens is 426 g/mol. The van der Waals surface area contributed by atoms with Crippen molar-refractivity contribution in [2.24, 2.45) is 5.92 Å². The average Bonchev–Trinajstić information content (AvgIpc) is 3.39. The van der Waals surface area contributed by atoms with Crippen molar-refractivity contribution >= 4 is 33.7 Å². The van der Waals surface area contributed by atoms with E-state index in [4.69, 9.17) is 19.2 Å². The zero-order chi connectivity index (χ0) is 21.8. The van der Waals surface area contributed by atoms with E-state index >= 15 is 0 Å². The van der Waals surface area contributed by atoms with Crippen molar-refractivity contribution in [2.45, 2.75) is 18.9 Å². The van der Waals surface area contributed by atoms with Crippen LogP contribution in [0, 0.1) is 5.92 Å². The molecule has 2 unspecified atom stereocenters. The van der Waals surface area contributed by atoms with Crippen LogP contribution in [0.5, 0.6) is 0 Å². The molecule has 170 valence electrons. The fourth-order valence-electron chi connectivity index (χ4n) is 4.68. The minimum atomic E-state index is -0.0706. The van der Waals surface area contributed by atoms with Gasteiger partial charge in [-0.3, -0.25) is 0 Å². The number of methoxy groups -OCH3 is 1. The number of hydrogen-bond acceptors (Lipinski definition) is 9. The van der Waals surface area contributed by atoms with Crippen LogP contribution in [0.2, 0.25) is 0 Å². The molecule has 2 aliphatic heterocycles. The van der Waals surface area contributed by atoms with E-state index in [0.717, 1.165) is 74.0 Å². The van der Waals surface area contributed by atoms with Crippen molar-refractivity contribution in [2.75, 3.05) is 63.1 Å². The Morgan fingerprint density at radius 1 is 1.16 bits per heavy atom. The Morgan fingerprint density at radius 2 is 2.06 bits per heavy atom. The molecular formula is C23H29N5O3S. The van der Waals surface area contributed by atoms with Crippen LogP contribution >= 0.6 is 11.3 Å². The molecule has 8 nitrogen and oxygen atoms in total. The second-order valence-electron chi connectivity index (χ2n) is 8.21. The number of fused-ring (bicyclic) bond motifs is 1. The van der Waals surface area contributed by atoms with E-state index in [-0.39, 0.29) is 12.9 Å². The maximum Gasteiger partial charge on any atom is 0.147 e. The summed E-state index contributed by atoms with van der Waals surface area (Å²) in [5.41, 5.74) is 2.17. The van der Waals surface area contributed by atoms with Gasteiger partial charge in [-0.2, -0.15) is 0 Å². The summed E-state index contributed by atoms with van der Waals surface area (Å²) in [6.45, 7) is 5.48. The SMILES string of the molecule is COCOC(c1nccs1)C1CCCN(c2ncnc3cc(N4CCOCC4)ccc23)C1. The van der Waals surface area contributed by atoms with Gasteiger partial charge in [-0.15, -0.1) is 11.3 Å². The average molecular weight is 456 g/mol. The second kappa shape index (κ2) is 10.1. The first-order chi connectivity index (χ1) is 15.8. The lowest BCUT2D eigenvalue weighted by Crippen LogP contribution is -2.39. The summed E-state index contributed by atoms with van der Waals surface area (Å²) in [6.07, 6.45) is 5.63. The van der Waals surface area contributed by atoms with Crippen molar-refractivity contribution < 1.29 is 14.2 Å². The summed E-state index contributed by atoms with van der Waals surface area (Å²) in [6, 6.07) is 6.52. The van der Waals surface area contributed by atoms with Gasteiger partial charge >= 0.3 is 0 Å². The monoisotopic (exact) mass is 455 g/mol. The summed E-state index contributed by atoms with van der Waals surface area (Å²) in [5, 5.41) is 4.11. The largest absolute Gasteiger partial charge is 0.378 e. The molecule has 0 spiro atoms. The molecule has 2 atom stereocenters. The van der Waals surface area contributed by atoms with Crippen LogP contribution in [0.4, 0.5) is 11.5 Å². The molecule has 0 bridgehead atoms. The van der Waals surface area contributed by atoms with Gasteiger partial charge < -0.3 is 24.0 Å². The quantitative estimate of drug-likeness (QED) is 0.501. The zero-order valence-electron chi connectivity index (χ0n) is 18.4. The number of anilines is 2. The van der Waals surface area contributed by atoms with E-state index in [9.17, 15) is 0 Å². The lowest BCUT2D eigenvalue weighted by molar-refractivity contribution is -0.0950. The van der Waals surface area contributed by atoms with Gasteiger partial charge in [0.15, 0.2) is 0 Å². The molecule has 2 aromatic heterocycles. The minimum Gasteiger partial charge on any atom is -0.378 e. The maximum absolute atomic E-state index is 6.08. The van der Waals surface area contributed by atoms with Crippen molar-refractivity contribution in [1.82, 2.24) is 15.0 Å². The predicted molar refractivity (Wildman–Crippen MR) is 125 cm³/mol. The smallest absolute Gasteiger partial charge is 0.147 e. The summed E-state index contributed by atoms with van der Waals surface area (Å²) in [4.78, 5) is 18.5. The Kier molecular flexibility index (Phi) is 6.77. The molecule has 1 aromatic carbocycles. The summed E-state index contributed by atoms with van der Waals surface area (Å²) in [7, 11) is 1.66. The highest BCUT2D eigenvalue weighted by Crippen LogP contribution is 2.36. The van der Waals surface area contributed by atoms with Crippen LogP contribution in [-0.2, 0) is 14.2 Å². The minimum absolute atomic E-state index is 0.0706. The second-order valence-corrected chi connectivity index (χ2v) is 9.14. The number of hydrogen-bond donors (Lipinski definition) is 0. The van der Waals surface area contributed by atoms with Crippen LogP contribution in [-0.4, -0.2) is 68.2 Å². The fraction of sp³-hybridized carbons (Fsp3) is 0.522. The van der Waals surface area contributed by atoms with Gasteiger partial charge in [-0.05, 0) is 31.0 Å². The first-order valence-electron chi connectivity index (χ1n) is 11.2. The van der Waals surface area contributed by atoms with Crippen molar-refractivity contribution in [1.29, 1.82) is 0 Å². The number of morpholine rings is 1. The van der Waals surface area contributed by atoms with Gasteiger partial charge in [0.25, 0.3) is 0 Å². The van der Waals surface area contributed by atoms with E-state index in [2.05, 4.69) is 38.0 Å². The van der Waals surface area contributed by atoms with Crippen LogP contribution in [0.1, 0.15) is 24.0 Å². The molecule has 9 heteroatoms. The van der Waals surface area contributed by atoms with Gasteiger partial charge in [0.1, 0.15) is 30.0 Å². The zero-order valence-corrected chi connectivity index (χ0v) is 19.2. The molecule has 0 amide bonds. The number of ether oxygens (including phenoxy) is 3. The number of rotatable bonds is 7. The third-order valence-corrected chi connectivity index (χ3v) is 7.06. The number of thiazole rings is 1. The molecule has 2 aliphatic rings. The molecule has 0 N–H and O–H groups in total. The Labute approximate surface area is 192 Å². The van der Waals surface area contributed by atoms with Crippen molar-refractivity contribution in [3.63, 3.8) is 0 Å². The molecule has 0 saturated carbocycles. The molecule has 2 fully saturated rings. The van der Waals surface area contributed by atoms with Crippen LogP contribution in [0.3, 0.4) is 0 Å². The van der Waals surface area contributed by atoms with E-state index < -0.39 is 0 Å². The van der Waals surface area contributed by atoms with Crippen LogP contribution < -0.4 is 9.80 Å². The molecule has 2 saturated heterocycles. The lowest BCUT2D eigenvalue weighted by Gasteiger charge is -2.37. The predicted octanol–water partition coefficient (Wildman–Crippen LogP) is 3.50. The molecule has 0 aliphatic carbocycles. The first kappa shape index (κ1) is 21.5. The summed E-state index contributed by atoms with van der Waals surface area (Å²) < 4.78 is 16.8. The fourth-order valence-corrected chi connectivity index (χ4v) is 5.45. The van der Waals surface area contributed by atoms with Gasteiger partial charge in [0.05, 0.1) is 18.7 Å². The Hall–Kier alpha value is -2.33. The maximum atomic E-state index is 6.08. The van der Waals surface area contributed by atoms with Crippen molar-refractivity contribution in [3.05, 3.63) is 41.1 Å². The summed E-state index contributed by atoms with van der Waals surface area (Å²) >= 11 is 1.64. The highest BCUT2D eigenvalue weighted by atomic mass is 32.1. The number of aromatic nitrogens is 3. The Morgan fingerprint density at radius 3 is 2.88 bits per heavy atom. The molecule has 4 heterocycles. The number of nitrogens with zero attached hydrogens (tertiary/aromatic N) is 5. The number of piperidine rings is 1. The van der Waals surface area contributed by atoms with Gasteiger partial charge in [-0.1, -0.05) is 0 Å². The highest BCUT2D eigenvalue weighted by Gasteiger charge is 2.32. The highest BCUT2D eigenvalue weighted by molar-refractivity contribution is 7.09. The Bertz CT molecular complexity index is 1010. The molecule has 32 heavy (non-hydrogen) atoms. The molecule has 5 rings (SSSR count). The van der Waals surface area contributed by atoms with E-state index in [0.29, 0.717) is 5.92 Å². The van der Waals surface area contributed by atoms with E-state index in [1.807, 2.05) is 11.6 Å². The van der Waals surface area contributed by atoms with Crippen LogP contribution in [0.15, 0.2) is 36.1 Å². The van der Waals surface area contributed by atoms with Crippen LogP contribution in [0.25, 0.3) is 10.9 Å². The standard InChI is InChI=1S/C23H29N5O3S/c1-29-16-31-21(23-24-6-12-32-23)17-3-2-7-28(14-17)22-19-5-4-18(13-20(19)25-15-26-22)27-8-10-30-11-9-27/h4-6,12-13,15,17,21H,2-3,7-11,14,16H2,1H3. The Balaban J connectivity index is 1.39. The van der Waals surface area contributed by atoms with Gasteiger partial charge in [-0.25, -0.2) is 15.0 Å².